The molecule has 0 atom stereocenters. The molecule has 4 heterocycles. The molecule has 0 spiro atoms. The maximum absolute atomic E-state index is 4.68. The molecule has 27 heavy (non-hydrogen) atoms. The lowest BCUT2D eigenvalue weighted by Gasteiger charge is -2.23. The first-order valence-electron chi connectivity index (χ1n) is 9.22. The molecule has 1 aromatic carbocycles. The van der Waals surface area contributed by atoms with Gasteiger partial charge in [0.2, 0.25) is 0 Å². The smallest absolute Gasteiger partial charge is 0.151 e. The van der Waals surface area contributed by atoms with Crippen molar-refractivity contribution in [1.82, 2.24) is 20.2 Å². The van der Waals surface area contributed by atoms with Crippen molar-refractivity contribution in [2.45, 2.75) is 13.3 Å². The van der Waals surface area contributed by atoms with Crippen LogP contribution in [0.15, 0.2) is 42.7 Å². The lowest BCUT2D eigenvalue weighted by Crippen LogP contribution is -2.31. The Morgan fingerprint density at radius 2 is 1.74 bits per heavy atom. The monoisotopic (exact) mass is 376 g/mol. The third kappa shape index (κ3) is 2.98. The van der Waals surface area contributed by atoms with E-state index in [2.05, 4.69) is 60.3 Å². The van der Waals surface area contributed by atoms with E-state index >= 15 is 0 Å². The zero-order chi connectivity index (χ0) is 18.2. The van der Waals surface area contributed by atoms with E-state index < -0.39 is 0 Å². The molecule has 1 fully saturated rings. The molecule has 0 bridgehead atoms. The normalized spacial score (nSPS) is 15.4. The molecular formula is C20H20N6S. The van der Waals surface area contributed by atoms with Gasteiger partial charge in [0, 0.05) is 36.3 Å². The van der Waals surface area contributed by atoms with Gasteiger partial charge in [-0.1, -0.05) is 18.2 Å². The third-order valence-electron chi connectivity index (χ3n) is 5.06. The summed E-state index contributed by atoms with van der Waals surface area (Å²) in [6.07, 6.45) is 2.75. The first-order valence-corrected chi connectivity index (χ1v) is 10.0. The predicted octanol–water partition coefficient (Wildman–Crippen LogP) is 3.66. The Hall–Kier alpha value is -2.80. The number of aromatic nitrogens is 4. The van der Waals surface area contributed by atoms with E-state index in [1.54, 1.807) is 17.7 Å². The van der Waals surface area contributed by atoms with Gasteiger partial charge >= 0.3 is 0 Å². The van der Waals surface area contributed by atoms with Gasteiger partial charge in [-0.05, 0) is 31.5 Å². The summed E-state index contributed by atoms with van der Waals surface area (Å²) in [7, 11) is 0. The Bertz CT molecular complexity index is 1090. The van der Waals surface area contributed by atoms with E-state index in [1.165, 1.54) is 15.5 Å². The highest BCUT2D eigenvalue weighted by Crippen LogP contribution is 2.37. The minimum Gasteiger partial charge on any atom is -0.354 e. The van der Waals surface area contributed by atoms with Crippen molar-refractivity contribution in [2.75, 3.05) is 36.0 Å². The molecule has 4 aromatic rings. The van der Waals surface area contributed by atoms with E-state index in [1.807, 2.05) is 13.0 Å². The summed E-state index contributed by atoms with van der Waals surface area (Å²) in [5.74, 6) is 2.01. The van der Waals surface area contributed by atoms with Gasteiger partial charge in [0.1, 0.15) is 17.0 Å². The molecule has 0 radical (unpaired) electrons. The van der Waals surface area contributed by atoms with Gasteiger partial charge in [0.05, 0.1) is 11.1 Å². The van der Waals surface area contributed by atoms with Gasteiger partial charge in [-0.3, -0.25) is 0 Å². The second kappa shape index (κ2) is 6.74. The van der Waals surface area contributed by atoms with E-state index in [9.17, 15) is 0 Å². The van der Waals surface area contributed by atoms with Crippen LogP contribution in [0.5, 0.6) is 0 Å². The molecule has 1 aliphatic heterocycles. The van der Waals surface area contributed by atoms with E-state index in [-0.39, 0.29) is 0 Å². The van der Waals surface area contributed by atoms with Crippen LogP contribution in [0.3, 0.4) is 0 Å². The summed E-state index contributed by atoms with van der Waals surface area (Å²) in [5, 5.41) is 11.0. The van der Waals surface area contributed by atoms with Crippen LogP contribution in [0.25, 0.3) is 20.3 Å². The Morgan fingerprint density at radius 3 is 2.63 bits per heavy atom. The molecule has 6 nitrogen and oxygen atoms in total. The van der Waals surface area contributed by atoms with Crippen molar-refractivity contribution in [2.24, 2.45) is 0 Å². The van der Waals surface area contributed by atoms with Gasteiger partial charge in [-0.15, -0.1) is 16.4 Å². The van der Waals surface area contributed by atoms with Crippen LogP contribution in [-0.2, 0) is 0 Å². The zero-order valence-electron chi connectivity index (χ0n) is 15.2. The molecule has 0 amide bonds. The number of aryl methyl sites for hydroxylation is 1. The van der Waals surface area contributed by atoms with Gasteiger partial charge in [0.15, 0.2) is 5.82 Å². The molecule has 0 aliphatic carbocycles. The van der Waals surface area contributed by atoms with Gasteiger partial charge < -0.3 is 9.80 Å². The van der Waals surface area contributed by atoms with Crippen molar-refractivity contribution in [1.29, 1.82) is 0 Å². The number of hydrogen-bond donors (Lipinski definition) is 0. The third-order valence-corrected chi connectivity index (χ3v) is 6.14. The molecule has 136 valence electrons. The maximum Gasteiger partial charge on any atom is 0.151 e. The molecule has 0 saturated carbocycles. The van der Waals surface area contributed by atoms with Crippen LogP contribution in [0.4, 0.5) is 11.6 Å². The Kier molecular flexibility index (Phi) is 4.09. The maximum atomic E-state index is 4.68. The molecule has 0 N–H and O–H groups in total. The fourth-order valence-corrected chi connectivity index (χ4v) is 4.74. The molecule has 7 heteroatoms. The number of rotatable bonds is 2. The first kappa shape index (κ1) is 16.4. The average molecular weight is 376 g/mol. The Balaban J connectivity index is 1.48. The van der Waals surface area contributed by atoms with Crippen molar-refractivity contribution < 1.29 is 0 Å². The predicted molar refractivity (Wildman–Crippen MR) is 111 cm³/mol. The SMILES string of the molecule is Cc1ccc(N2CCCN(c3ncnc4sc5ccccc5c34)CC2)nn1. The summed E-state index contributed by atoms with van der Waals surface area (Å²) >= 11 is 1.74. The van der Waals surface area contributed by atoms with Crippen LogP contribution in [0.2, 0.25) is 0 Å². The van der Waals surface area contributed by atoms with Crippen molar-refractivity contribution in [3.05, 3.63) is 48.4 Å². The number of anilines is 2. The number of fused-ring (bicyclic) bond motifs is 3. The summed E-state index contributed by atoms with van der Waals surface area (Å²) < 4.78 is 1.26. The zero-order valence-corrected chi connectivity index (χ0v) is 16.0. The standard InChI is InChI=1S/C20H20N6S/c1-14-7-8-17(24-23-14)25-9-4-10-26(12-11-25)19-18-15-5-2-3-6-16(15)27-20(18)22-13-21-19/h2-3,5-8,13H,4,9-12H2,1H3. The van der Waals surface area contributed by atoms with E-state index in [4.69, 9.17) is 0 Å². The molecule has 3 aromatic heterocycles. The Labute approximate surface area is 161 Å². The summed E-state index contributed by atoms with van der Waals surface area (Å²) in [6, 6.07) is 12.6. The van der Waals surface area contributed by atoms with Gasteiger partial charge in [0.25, 0.3) is 0 Å². The van der Waals surface area contributed by atoms with Gasteiger partial charge in [-0.2, -0.15) is 5.10 Å². The molecule has 1 saturated heterocycles. The fourth-order valence-electron chi connectivity index (χ4n) is 3.70. The lowest BCUT2D eigenvalue weighted by molar-refractivity contribution is 0.782. The van der Waals surface area contributed by atoms with Crippen LogP contribution >= 0.6 is 11.3 Å². The van der Waals surface area contributed by atoms with Crippen LogP contribution in [0.1, 0.15) is 12.1 Å². The highest BCUT2D eigenvalue weighted by atomic mass is 32.1. The molecular weight excluding hydrogens is 356 g/mol. The topological polar surface area (TPSA) is 58.0 Å². The molecule has 1 aliphatic rings. The second-order valence-corrected chi connectivity index (χ2v) is 7.87. The number of thiophene rings is 1. The Morgan fingerprint density at radius 1 is 0.889 bits per heavy atom. The first-order chi connectivity index (χ1) is 13.3. The minimum atomic E-state index is 0.908. The molecule has 0 unspecified atom stereocenters. The van der Waals surface area contributed by atoms with Crippen molar-refractivity contribution >= 4 is 43.3 Å². The quantitative estimate of drug-likeness (QED) is 0.532. The van der Waals surface area contributed by atoms with Crippen LogP contribution < -0.4 is 9.80 Å². The average Bonchev–Trinajstić information content (AvgIpc) is 2.90. The van der Waals surface area contributed by atoms with Crippen LogP contribution in [-0.4, -0.2) is 46.3 Å². The highest BCUT2D eigenvalue weighted by molar-refractivity contribution is 7.25. The number of benzene rings is 1. The largest absolute Gasteiger partial charge is 0.354 e. The van der Waals surface area contributed by atoms with Crippen LogP contribution in [0, 0.1) is 6.92 Å². The highest BCUT2D eigenvalue weighted by Gasteiger charge is 2.21. The summed E-state index contributed by atoms with van der Waals surface area (Å²) in [4.78, 5) is 15.0. The van der Waals surface area contributed by atoms with Crippen molar-refractivity contribution in [3.8, 4) is 0 Å². The minimum absolute atomic E-state index is 0.908. The lowest BCUT2D eigenvalue weighted by atomic mass is 10.2. The molecule has 5 rings (SSSR count). The fraction of sp³-hybridized carbons (Fsp3) is 0.300. The van der Waals surface area contributed by atoms with E-state index in [0.29, 0.717) is 0 Å². The number of hydrogen-bond acceptors (Lipinski definition) is 7. The van der Waals surface area contributed by atoms with E-state index in [0.717, 1.165) is 54.8 Å². The number of nitrogens with zero attached hydrogens (tertiary/aromatic N) is 6. The van der Waals surface area contributed by atoms with Gasteiger partial charge in [-0.25, -0.2) is 9.97 Å². The van der Waals surface area contributed by atoms with Crippen molar-refractivity contribution in [3.63, 3.8) is 0 Å². The summed E-state index contributed by atoms with van der Waals surface area (Å²) in [6.45, 7) is 5.74. The second-order valence-electron chi connectivity index (χ2n) is 6.84. The summed E-state index contributed by atoms with van der Waals surface area (Å²) in [5.41, 5.74) is 0.947.